The quantitative estimate of drug-likeness (QED) is 0.129. The summed E-state index contributed by atoms with van der Waals surface area (Å²) in [5, 5.41) is 4.18. The SMILES string of the molecule is CC[C@H](C)Oc1ccc(-n2c(C)cc(/C=N/NC(=O)c3ccc(COc4ccc(-n5c(C)ccc5C)cc4)o3)c2C)cc1. The van der Waals surface area contributed by atoms with Gasteiger partial charge in [0, 0.05) is 39.7 Å². The van der Waals surface area contributed by atoms with Crippen LogP contribution >= 0.6 is 0 Å². The van der Waals surface area contributed by atoms with Crippen LogP contribution in [0.1, 0.15) is 64.9 Å². The molecule has 2 aromatic carbocycles. The van der Waals surface area contributed by atoms with Gasteiger partial charge in [-0.1, -0.05) is 6.92 Å². The van der Waals surface area contributed by atoms with E-state index in [0.717, 1.165) is 40.5 Å². The van der Waals surface area contributed by atoms with E-state index >= 15 is 0 Å². The molecule has 0 spiro atoms. The Balaban J connectivity index is 1.16. The lowest BCUT2D eigenvalue weighted by Crippen LogP contribution is -2.16. The molecule has 222 valence electrons. The molecule has 0 aliphatic carbocycles. The minimum Gasteiger partial charge on any atom is -0.491 e. The molecule has 0 aliphatic rings. The number of nitrogens with one attached hydrogen (secondary N) is 1. The van der Waals surface area contributed by atoms with Crippen LogP contribution in [-0.2, 0) is 6.61 Å². The van der Waals surface area contributed by atoms with Crippen molar-refractivity contribution in [2.45, 2.75) is 60.7 Å². The number of rotatable bonds is 11. The van der Waals surface area contributed by atoms with Crippen LogP contribution in [0.15, 0.2) is 88.4 Å². The molecule has 3 aromatic heterocycles. The van der Waals surface area contributed by atoms with Crippen molar-refractivity contribution in [3.63, 3.8) is 0 Å². The number of carbonyl (C=O) groups excluding carboxylic acids is 1. The van der Waals surface area contributed by atoms with E-state index in [-0.39, 0.29) is 18.5 Å². The summed E-state index contributed by atoms with van der Waals surface area (Å²) < 4.78 is 21.8. The van der Waals surface area contributed by atoms with E-state index in [2.05, 4.69) is 59.5 Å². The maximum Gasteiger partial charge on any atom is 0.307 e. The van der Waals surface area contributed by atoms with E-state index in [1.54, 1.807) is 18.3 Å². The predicted molar refractivity (Wildman–Crippen MR) is 169 cm³/mol. The number of furan rings is 1. The number of hydrogen-bond acceptors (Lipinski definition) is 5. The second kappa shape index (κ2) is 12.9. The molecule has 8 heteroatoms. The summed E-state index contributed by atoms with van der Waals surface area (Å²) in [5.41, 5.74) is 9.98. The standard InChI is InChI=1S/C35H38N4O4/c1-7-26(5)42-32-16-12-30(13-17-32)39-25(4)20-28(27(39)6)21-36-37-35(40)34-19-18-33(43-34)22-41-31-14-10-29(11-15-31)38-23(2)8-9-24(38)3/h8-21,26H,7,22H2,1-6H3,(H,37,40)/b36-21+/t26-/m0/s1. The summed E-state index contributed by atoms with van der Waals surface area (Å²) in [4.78, 5) is 12.7. The smallest absolute Gasteiger partial charge is 0.307 e. The van der Waals surface area contributed by atoms with Gasteiger partial charge in [-0.25, -0.2) is 5.43 Å². The fourth-order valence-corrected chi connectivity index (χ4v) is 5.02. The summed E-state index contributed by atoms with van der Waals surface area (Å²) >= 11 is 0. The second-order valence-corrected chi connectivity index (χ2v) is 10.7. The van der Waals surface area contributed by atoms with E-state index in [0.29, 0.717) is 11.5 Å². The van der Waals surface area contributed by atoms with Crippen LogP contribution in [-0.4, -0.2) is 27.4 Å². The fraction of sp³-hybridized carbons (Fsp3) is 0.257. The van der Waals surface area contributed by atoms with Crippen molar-refractivity contribution in [3.05, 3.63) is 119 Å². The van der Waals surface area contributed by atoms with Crippen LogP contribution in [0.25, 0.3) is 11.4 Å². The molecule has 5 aromatic rings. The Kier molecular flexibility index (Phi) is 8.85. The van der Waals surface area contributed by atoms with Gasteiger partial charge in [-0.3, -0.25) is 4.79 Å². The second-order valence-electron chi connectivity index (χ2n) is 10.7. The van der Waals surface area contributed by atoms with Crippen molar-refractivity contribution in [2.24, 2.45) is 5.10 Å². The van der Waals surface area contributed by atoms with Gasteiger partial charge in [0.15, 0.2) is 5.76 Å². The zero-order valence-corrected chi connectivity index (χ0v) is 25.5. The Morgan fingerprint density at radius 2 is 1.49 bits per heavy atom. The van der Waals surface area contributed by atoms with Crippen molar-refractivity contribution in [3.8, 4) is 22.9 Å². The van der Waals surface area contributed by atoms with Gasteiger partial charge in [0.05, 0.1) is 12.3 Å². The van der Waals surface area contributed by atoms with Gasteiger partial charge in [0.25, 0.3) is 0 Å². The zero-order valence-electron chi connectivity index (χ0n) is 25.5. The average molecular weight is 579 g/mol. The van der Waals surface area contributed by atoms with Gasteiger partial charge >= 0.3 is 5.91 Å². The highest BCUT2D eigenvalue weighted by Gasteiger charge is 2.13. The molecular formula is C35H38N4O4. The number of benzene rings is 2. The highest BCUT2D eigenvalue weighted by Crippen LogP contribution is 2.24. The number of carbonyl (C=O) groups is 1. The Bertz CT molecular complexity index is 1700. The molecule has 43 heavy (non-hydrogen) atoms. The number of ether oxygens (including phenoxy) is 2. The van der Waals surface area contributed by atoms with E-state index in [1.165, 1.54) is 11.4 Å². The first-order chi connectivity index (χ1) is 20.7. The molecule has 0 bridgehead atoms. The Morgan fingerprint density at radius 1 is 0.860 bits per heavy atom. The Labute approximate surface area is 252 Å². The number of hydrazone groups is 1. The first kappa shape index (κ1) is 29.5. The monoisotopic (exact) mass is 578 g/mol. The highest BCUT2D eigenvalue weighted by atomic mass is 16.5. The molecular weight excluding hydrogens is 540 g/mol. The molecule has 0 radical (unpaired) electrons. The van der Waals surface area contributed by atoms with Crippen LogP contribution in [0.4, 0.5) is 0 Å². The van der Waals surface area contributed by atoms with Crippen molar-refractivity contribution in [2.75, 3.05) is 0 Å². The molecule has 5 rings (SSSR count). The summed E-state index contributed by atoms with van der Waals surface area (Å²) in [6.07, 6.45) is 2.77. The van der Waals surface area contributed by atoms with E-state index in [1.807, 2.05) is 68.4 Å². The number of amides is 1. The number of aryl methyl sites for hydroxylation is 3. The Morgan fingerprint density at radius 3 is 2.14 bits per heavy atom. The van der Waals surface area contributed by atoms with Crippen molar-refractivity contribution >= 4 is 12.1 Å². The van der Waals surface area contributed by atoms with Gasteiger partial charge in [0.1, 0.15) is 23.9 Å². The van der Waals surface area contributed by atoms with E-state index < -0.39 is 5.91 Å². The molecule has 1 amide bonds. The van der Waals surface area contributed by atoms with Gasteiger partial charge < -0.3 is 23.0 Å². The van der Waals surface area contributed by atoms with Crippen LogP contribution in [0.5, 0.6) is 11.5 Å². The van der Waals surface area contributed by atoms with Crippen LogP contribution < -0.4 is 14.9 Å². The van der Waals surface area contributed by atoms with Gasteiger partial charge in [-0.05, 0) is 120 Å². The predicted octanol–water partition coefficient (Wildman–Crippen LogP) is 7.61. The molecule has 0 saturated carbocycles. The third-order valence-corrected chi connectivity index (χ3v) is 7.48. The minimum absolute atomic E-state index is 0.162. The molecule has 0 fully saturated rings. The maximum atomic E-state index is 12.7. The molecule has 1 atom stereocenters. The number of nitrogens with zero attached hydrogens (tertiary/aromatic N) is 3. The molecule has 0 saturated heterocycles. The lowest BCUT2D eigenvalue weighted by molar-refractivity contribution is 0.0923. The molecule has 0 unspecified atom stereocenters. The van der Waals surface area contributed by atoms with Gasteiger partial charge in [-0.15, -0.1) is 0 Å². The van der Waals surface area contributed by atoms with Crippen LogP contribution in [0, 0.1) is 27.7 Å². The zero-order chi connectivity index (χ0) is 30.5. The van der Waals surface area contributed by atoms with Crippen molar-refractivity contribution in [1.82, 2.24) is 14.6 Å². The Hall–Kier alpha value is -4.98. The van der Waals surface area contributed by atoms with Crippen molar-refractivity contribution in [1.29, 1.82) is 0 Å². The van der Waals surface area contributed by atoms with Crippen LogP contribution in [0.3, 0.4) is 0 Å². The highest BCUT2D eigenvalue weighted by molar-refractivity contribution is 5.92. The van der Waals surface area contributed by atoms with Gasteiger partial charge in [-0.2, -0.15) is 5.10 Å². The van der Waals surface area contributed by atoms with E-state index in [9.17, 15) is 4.79 Å². The van der Waals surface area contributed by atoms with Crippen molar-refractivity contribution < 1.29 is 18.7 Å². The van der Waals surface area contributed by atoms with E-state index in [4.69, 9.17) is 13.9 Å². The third-order valence-electron chi connectivity index (χ3n) is 7.48. The topological polar surface area (TPSA) is 82.9 Å². The first-order valence-corrected chi connectivity index (χ1v) is 14.5. The van der Waals surface area contributed by atoms with Gasteiger partial charge in [0.2, 0.25) is 0 Å². The average Bonchev–Trinajstić information content (AvgIpc) is 3.69. The normalized spacial score (nSPS) is 12.0. The lowest BCUT2D eigenvalue weighted by Gasteiger charge is -2.14. The molecule has 1 N–H and O–H groups in total. The molecule has 3 heterocycles. The summed E-state index contributed by atoms with van der Waals surface area (Å²) in [6, 6.07) is 25.5. The van der Waals surface area contributed by atoms with Crippen LogP contribution in [0.2, 0.25) is 0 Å². The summed E-state index contributed by atoms with van der Waals surface area (Å²) in [6.45, 7) is 12.6. The first-order valence-electron chi connectivity index (χ1n) is 14.5. The summed E-state index contributed by atoms with van der Waals surface area (Å²) in [5.74, 6) is 1.83. The fourth-order valence-electron chi connectivity index (χ4n) is 5.02. The molecule has 8 nitrogen and oxygen atoms in total. The largest absolute Gasteiger partial charge is 0.491 e. The molecule has 0 aliphatic heterocycles. The third kappa shape index (κ3) is 6.75. The lowest BCUT2D eigenvalue weighted by atomic mass is 10.2. The summed E-state index contributed by atoms with van der Waals surface area (Å²) in [7, 11) is 0. The maximum absolute atomic E-state index is 12.7. The number of hydrogen-bond donors (Lipinski definition) is 1. The number of aromatic nitrogens is 2. The minimum atomic E-state index is -0.435.